The molecule has 1 saturated carbocycles. The predicted molar refractivity (Wildman–Crippen MR) is 75.1 cm³/mol. The number of rotatable bonds is 5. The summed E-state index contributed by atoms with van der Waals surface area (Å²) in [7, 11) is -1.72. The van der Waals surface area contributed by atoms with Gasteiger partial charge in [0, 0.05) is 13.1 Å². The van der Waals surface area contributed by atoms with Crippen LogP contribution in [0.3, 0.4) is 0 Å². The molecule has 1 fully saturated rings. The summed E-state index contributed by atoms with van der Waals surface area (Å²) in [4.78, 5) is 0.392. The lowest BCUT2D eigenvalue weighted by Crippen LogP contribution is -2.29. The minimum absolute atomic E-state index is 0.177. The maximum Gasteiger partial charge on any atom is 0.243 e. The van der Waals surface area contributed by atoms with Crippen LogP contribution in [0.15, 0.2) is 17.0 Å². The molecule has 4 nitrogen and oxygen atoms in total. The van der Waals surface area contributed by atoms with Crippen LogP contribution in [0.1, 0.15) is 30.9 Å². The Bertz CT molecular complexity index is 577. The zero-order valence-corrected chi connectivity index (χ0v) is 12.8. The third kappa shape index (κ3) is 2.77. The molecule has 0 saturated heterocycles. The van der Waals surface area contributed by atoms with Gasteiger partial charge in [-0.1, -0.05) is 0 Å². The fraction of sp³-hybridized carbons (Fsp3) is 0.571. The summed E-state index contributed by atoms with van der Waals surface area (Å²) in [5, 5.41) is 0. The molecule has 0 aromatic heterocycles. The van der Waals surface area contributed by atoms with Gasteiger partial charge in [-0.15, -0.1) is 0 Å². The molecule has 0 atom stereocenters. The summed E-state index contributed by atoms with van der Waals surface area (Å²) in [6, 6.07) is 3.71. The third-order valence-corrected chi connectivity index (χ3v) is 5.54. The first-order chi connectivity index (χ1) is 8.87. The van der Waals surface area contributed by atoms with E-state index in [1.54, 1.807) is 13.1 Å². The van der Waals surface area contributed by atoms with Gasteiger partial charge in [0.2, 0.25) is 10.0 Å². The maximum atomic E-state index is 12.5. The Labute approximate surface area is 115 Å². The quantitative estimate of drug-likeness (QED) is 0.834. The van der Waals surface area contributed by atoms with Crippen LogP contribution in [0.2, 0.25) is 0 Å². The van der Waals surface area contributed by atoms with E-state index in [-0.39, 0.29) is 6.04 Å². The molecule has 19 heavy (non-hydrogen) atoms. The van der Waals surface area contributed by atoms with Crippen LogP contribution in [-0.2, 0) is 10.0 Å². The van der Waals surface area contributed by atoms with Crippen molar-refractivity contribution in [2.45, 2.75) is 44.6 Å². The first-order valence-electron chi connectivity index (χ1n) is 6.60. The largest absolute Gasteiger partial charge is 0.494 e. The molecular formula is C14H21NO3S. The van der Waals surface area contributed by atoms with E-state index >= 15 is 0 Å². The summed E-state index contributed by atoms with van der Waals surface area (Å²) >= 11 is 0. The highest BCUT2D eigenvalue weighted by Crippen LogP contribution is 2.33. The first kappa shape index (κ1) is 14.3. The molecule has 1 aromatic carbocycles. The monoisotopic (exact) mass is 283 g/mol. The van der Waals surface area contributed by atoms with Gasteiger partial charge in [0.15, 0.2) is 0 Å². The van der Waals surface area contributed by atoms with E-state index in [1.807, 2.05) is 26.8 Å². The van der Waals surface area contributed by atoms with Gasteiger partial charge in [0.1, 0.15) is 5.75 Å². The van der Waals surface area contributed by atoms with E-state index in [0.29, 0.717) is 11.5 Å². The van der Waals surface area contributed by atoms with Crippen LogP contribution >= 0.6 is 0 Å². The Morgan fingerprint density at radius 3 is 2.42 bits per heavy atom. The highest BCUT2D eigenvalue weighted by atomic mass is 32.2. The molecule has 0 N–H and O–H groups in total. The van der Waals surface area contributed by atoms with Crippen molar-refractivity contribution in [3.8, 4) is 5.75 Å². The predicted octanol–water partition coefficient (Wildman–Crippen LogP) is 2.49. The second kappa shape index (κ2) is 5.13. The van der Waals surface area contributed by atoms with Gasteiger partial charge in [-0.05, 0) is 56.9 Å². The summed E-state index contributed by atoms with van der Waals surface area (Å²) in [6.07, 6.45) is 1.93. The van der Waals surface area contributed by atoms with E-state index in [1.165, 1.54) is 4.31 Å². The zero-order chi connectivity index (χ0) is 14.2. The lowest BCUT2D eigenvalue weighted by Gasteiger charge is -2.19. The van der Waals surface area contributed by atoms with Crippen LogP contribution in [0, 0.1) is 13.8 Å². The van der Waals surface area contributed by atoms with Crippen LogP contribution < -0.4 is 4.74 Å². The lowest BCUT2D eigenvalue weighted by atomic mass is 10.1. The Morgan fingerprint density at radius 1 is 1.26 bits per heavy atom. The van der Waals surface area contributed by atoms with Crippen molar-refractivity contribution in [2.24, 2.45) is 0 Å². The molecule has 0 unspecified atom stereocenters. The van der Waals surface area contributed by atoms with Crippen molar-refractivity contribution < 1.29 is 13.2 Å². The number of nitrogens with zero attached hydrogens (tertiary/aromatic N) is 1. The van der Waals surface area contributed by atoms with E-state index < -0.39 is 10.0 Å². The molecule has 0 bridgehead atoms. The average Bonchev–Trinajstić information content (AvgIpc) is 3.16. The summed E-state index contributed by atoms with van der Waals surface area (Å²) in [5.41, 5.74) is 1.59. The summed E-state index contributed by atoms with van der Waals surface area (Å²) in [6.45, 7) is 6.19. The average molecular weight is 283 g/mol. The molecule has 1 aliphatic carbocycles. The van der Waals surface area contributed by atoms with Crippen LogP contribution in [-0.4, -0.2) is 32.4 Å². The van der Waals surface area contributed by atoms with Gasteiger partial charge in [-0.25, -0.2) is 8.42 Å². The molecule has 1 aromatic rings. The number of hydrogen-bond donors (Lipinski definition) is 0. The van der Waals surface area contributed by atoms with E-state index in [4.69, 9.17) is 4.74 Å². The van der Waals surface area contributed by atoms with Crippen LogP contribution in [0.4, 0.5) is 0 Å². The van der Waals surface area contributed by atoms with Gasteiger partial charge in [0.05, 0.1) is 11.5 Å². The van der Waals surface area contributed by atoms with Crippen molar-refractivity contribution in [1.82, 2.24) is 4.31 Å². The topological polar surface area (TPSA) is 46.6 Å². The number of benzene rings is 1. The molecule has 0 heterocycles. The van der Waals surface area contributed by atoms with Gasteiger partial charge in [-0.2, -0.15) is 4.31 Å². The van der Waals surface area contributed by atoms with Crippen molar-refractivity contribution in [3.05, 3.63) is 23.3 Å². The third-order valence-electron chi connectivity index (χ3n) is 3.49. The van der Waals surface area contributed by atoms with Gasteiger partial charge < -0.3 is 4.74 Å². The zero-order valence-electron chi connectivity index (χ0n) is 11.9. The molecule has 1 aliphatic rings. The standard InChI is InChI=1S/C14H21NO3S/c1-5-18-13-8-11(3)14(9-10(13)2)19(16,17)15(4)12-6-7-12/h8-9,12H,5-7H2,1-4H3. The van der Waals surface area contributed by atoms with Crippen molar-refractivity contribution in [1.29, 1.82) is 0 Å². The minimum Gasteiger partial charge on any atom is -0.494 e. The molecule has 5 heteroatoms. The molecule has 106 valence electrons. The van der Waals surface area contributed by atoms with Crippen molar-refractivity contribution in [2.75, 3.05) is 13.7 Å². The Morgan fingerprint density at radius 2 is 1.89 bits per heavy atom. The molecule has 2 rings (SSSR count). The Kier molecular flexibility index (Phi) is 3.87. The minimum atomic E-state index is -3.38. The normalized spacial score (nSPS) is 15.8. The fourth-order valence-electron chi connectivity index (χ4n) is 2.14. The van der Waals surface area contributed by atoms with Crippen LogP contribution in [0.25, 0.3) is 0 Å². The second-order valence-corrected chi connectivity index (χ2v) is 7.03. The first-order valence-corrected chi connectivity index (χ1v) is 8.04. The van der Waals surface area contributed by atoms with E-state index in [0.717, 1.165) is 29.7 Å². The maximum absolute atomic E-state index is 12.5. The summed E-state index contributed by atoms with van der Waals surface area (Å²) < 4.78 is 32.1. The van der Waals surface area contributed by atoms with Gasteiger partial charge >= 0.3 is 0 Å². The molecule has 0 radical (unpaired) electrons. The van der Waals surface area contributed by atoms with E-state index in [9.17, 15) is 8.42 Å². The number of sulfonamides is 1. The lowest BCUT2D eigenvalue weighted by molar-refractivity contribution is 0.337. The van der Waals surface area contributed by atoms with Crippen molar-refractivity contribution >= 4 is 10.0 Å². The highest BCUT2D eigenvalue weighted by molar-refractivity contribution is 7.89. The SMILES string of the molecule is CCOc1cc(C)c(S(=O)(=O)N(C)C2CC2)cc1C. The molecular weight excluding hydrogens is 262 g/mol. The summed E-state index contributed by atoms with van der Waals surface area (Å²) in [5.74, 6) is 0.757. The number of aryl methyl sites for hydroxylation is 2. The Balaban J connectivity index is 2.42. The highest BCUT2D eigenvalue weighted by Gasteiger charge is 2.35. The molecule has 0 spiro atoms. The van der Waals surface area contributed by atoms with Gasteiger partial charge in [-0.3, -0.25) is 0 Å². The second-order valence-electron chi connectivity index (χ2n) is 5.07. The van der Waals surface area contributed by atoms with E-state index in [2.05, 4.69) is 0 Å². The Hall–Kier alpha value is -1.07. The molecule has 0 amide bonds. The smallest absolute Gasteiger partial charge is 0.243 e. The van der Waals surface area contributed by atoms with Crippen LogP contribution in [0.5, 0.6) is 5.75 Å². The van der Waals surface area contributed by atoms with Crippen molar-refractivity contribution in [3.63, 3.8) is 0 Å². The molecule has 0 aliphatic heterocycles. The number of hydrogen-bond acceptors (Lipinski definition) is 3. The number of ether oxygens (including phenoxy) is 1. The fourth-order valence-corrected chi connectivity index (χ4v) is 3.85. The van der Waals surface area contributed by atoms with Gasteiger partial charge in [0.25, 0.3) is 0 Å².